The van der Waals surface area contributed by atoms with E-state index in [2.05, 4.69) is 0 Å². The molecule has 0 aliphatic carbocycles. The zero-order chi connectivity index (χ0) is 17.2. The normalized spacial score (nSPS) is 20.0. The molecule has 1 aliphatic rings. The molecule has 1 aromatic rings. The van der Waals surface area contributed by atoms with E-state index in [-0.39, 0.29) is 36.5 Å². The van der Waals surface area contributed by atoms with Gasteiger partial charge in [-0.1, -0.05) is 17.7 Å². The second-order valence-electron chi connectivity index (χ2n) is 5.93. The topological polar surface area (TPSA) is 57.7 Å². The summed E-state index contributed by atoms with van der Waals surface area (Å²) in [5.41, 5.74) is 0.343. The molecular formula is C15H20ClFN2O3S. The number of hydrogen-bond donors (Lipinski definition) is 0. The molecule has 0 radical (unpaired) electrons. The molecule has 1 aliphatic heterocycles. The standard InChI is InChI=1S/C15H20ClFN2O3S/c1-18(8-12-13(16)4-3-5-14(12)17)9-15(20)19(2)11-6-7-23(21,22)10-11/h3-5,11H,6-10H2,1-2H3. The maximum Gasteiger partial charge on any atom is 0.236 e. The van der Waals surface area contributed by atoms with Crippen molar-refractivity contribution in [1.29, 1.82) is 0 Å². The van der Waals surface area contributed by atoms with E-state index in [9.17, 15) is 17.6 Å². The van der Waals surface area contributed by atoms with Crippen molar-refractivity contribution in [3.8, 4) is 0 Å². The van der Waals surface area contributed by atoms with E-state index in [1.165, 1.54) is 17.0 Å². The maximum absolute atomic E-state index is 13.8. The van der Waals surface area contributed by atoms with Crippen molar-refractivity contribution in [2.75, 3.05) is 32.1 Å². The second-order valence-corrected chi connectivity index (χ2v) is 8.57. The van der Waals surface area contributed by atoms with Crippen LogP contribution in [-0.4, -0.2) is 62.3 Å². The monoisotopic (exact) mass is 362 g/mol. The van der Waals surface area contributed by atoms with Gasteiger partial charge in [0.15, 0.2) is 9.84 Å². The highest BCUT2D eigenvalue weighted by atomic mass is 35.5. The lowest BCUT2D eigenvalue weighted by atomic mass is 10.2. The van der Waals surface area contributed by atoms with Crippen LogP contribution in [0.4, 0.5) is 4.39 Å². The van der Waals surface area contributed by atoms with Crippen molar-refractivity contribution >= 4 is 27.3 Å². The highest BCUT2D eigenvalue weighted by molar-refractivity contribution is 7.91. The first-order valence-electron chi connectivity index (χ1n) is 7.27. The van der Waals surface area contributed by atoms with Gasteiger partial charge in [0.2, 0.25) is 5.91 Å². The summed E-state index contributed by atoms with van der Waals surface area (Å²) in [6.45, 7) is 0.270. The summed E-state index contributed by atoms with van der Waals surface area (Å²) >= 11 is 5.98. The molecule has 23 heavy (non-hydrogen) atoms. The number of hydrogen-bond acceptors (Lipinski definition) is 4. The average molecular weight is 363 g/mol. The number of halogens is 2. The first-order chi connectivity index (χ1) is 10.7. The van der Waals surface area contributed by atoms with Crippen LogP contribution in [0.2, 0.25) is 5.02 Å². The minimum Gasteiger partial charge on any atom is -0.341 e. The van der Waals surface area contributed by atoms with Gasteiger partial charge in [-0.05, 0) is 25.6 Å². The number of rotatable bonds is 5. The molecule has 5 nitrogen and oxygen atoms in total. The number of nitrogens with zero attached hydrogens (tertiary/aromatic N) is 2. The molecule has 0 saturated carbocycles. The summed E-state index contributed by atoms with van der Waals surface area (Å²) in [5.74, 6) is -0.470. The molecule has 1 aromatic carbocycles. The van der Waals surface area contributed by atoms with Gasteiger partial charge in [0.25, 0.3) is 0 Å². The van der Waals surface area contributed by atoms with E-state index in [0.717, 1.165) is 0 Å². The first-order valence-corrected chi connectivity index (χ1v) is 9.47. The number of sulfone groups is 1. The summed E-state index contributed by atoms with van der Waals surface area (Å²) in [7, 11) is 0.266. The Morgan fingerprint density at radius 2 is 2.09 bits per heavy atom. The fourth-order valence-electron chi connectivity index (χ4n) is 2.64. The molecule has 1 unspecified atom stereocenters. The van der Waals surface area contributed by atoms with Crippen molar-refractivity contribution in [3.63, 3.8) is 0 Å². The fourth-order valence-corrected chi connectivity index (χ4v) is 4.63. The Kier molecular flexibility index (Phi) is 5.65. The Balaban J connectivity index is 1.95. The predicted molar refractivity (Wildman–Crippen MR) is 87.6 cm³/mol. The summed E-state index contributed by atoms with van der Waals surface area (Å²) in [6, 6.07) is 4.18. The average Bonchev–Trinajstić information content (AvgIpc) is 2.82. The predicted octanol–water partition coefficient (Wildman–Crippen LogP) is 1.56. The Morgan fingerprint density at radius 3 is 2.65 bits per heavy atom. The van der Waals surface area contributed by atoms with Gasteiger partial charge in [-0.25, -0.2) is 12.8 Å². The van der Waals surface area contributed by atoms with Crippen LogP contribution in [0.1, 0.15) is 12.0 Å². The zero-order valence-corrected chi connectivity index (χ0v) is 14.7. The molecule has 8 heteroatoms. The Morgan fingerprint density at radius 1 is 1.39 bits per heavy atom. The van der Waals surface area contributed by atoms with E-state index in [1.807, 2.05) is 0 Å². The summed E-state index contributed by atoms with van der Waals surface area (Å²) in [6.07, 6.45) is 0.466. The number of carbonyl (C=O) groups is 1. The summed E-state index contributed by atoms with van der Waals surface area (Å²) in [5, 5.41) is 0.319. The highest BCUT2D eigenvalue weighted by Gasteiger charge is 2.32. The lowest BCUT2D eigenvalue weighted by Crippen LogP contribution is -2.43. The van der Waals surface area contributed by atoms with Crippen molar-refractivity contribution in [2.24, 2.45) is 0 Å². The highest BCUT2D eigenvalue weighted by Crippen LogP contribution is 2.21. The van der Waals surface area contributed by atoms with Gasteiger partial charge in [-0.2, -0.15) is 0 Å². The quantitative estimate of drug-likeness (QED) is 0.797. The third kappa shape index (κ3) is 4.65. The van der Waals surface area contributed by atoms with E-state index in [4.69, 9.17) is 11.6 Å². The number of likely N-dealkylation sites (N-methyl/N-ethyl adjacent to an activating group) is 2. The van der Waals surface area contributed by atoms with Gasteiger partial charge >= 0.3 is 0 Å². The van der Waals surface area contributed by atoms with Gasteiger partial charge in [0.05, 0.1) is 18.1 Å². The van der Waals surface area contributed by atoms with Crippen molar-refractivity contribution in [1.82, 2.24) is 9.80 Å². The minimum absolute atomic E-state index is 0.0120. The number of carbonyl (C=O) groups excluding carboxylic acids is 1. The molecule has 1 atom stereocenters. The van der Waals surface area contributed by atoms with E-state index in [0.29, 0.717) is 17.0 Å². The SMILES string of the molecule is CN(CC(=O)N(C)C1CCS(=O)(=O)C1)Cc1c(F)cccc1Cl. The van der Waals surface area contributed by atoms with E-state index >= 15 is 0 Å². The zero-order valence-electron chi connectivity index (χ0n) is 13.1. The van der Waals surface area contributed by atoms with Gasteiger partial charge < -0.3 is 4.90 Å². The van der Waals surface area contributed by atoms with Crippen LogP contribution in [0.25, 0.3) is 0 Å². The molecule has 1 saturated heterocycles. The van der Waals surface area contributed by atoms with Crippen LogP contribution >= 0.6 is 11.6 Å². The molecular weight excluding hydrogens is 343 g/mol. The molecule has 1 heterocycles. The maximum atomic E-state index is 13.8. The lowest BCUT2D eigenvalue weighted by Gasteiger charge is -2.26. The van der Waals surface area contributed by atoms with Crippen LogP contribution in [0, 0.1) is 5.82 Å². The summed E-state index contributed by atoms with van der Waals surface area (Å²) in [4.78, 5) is 15.4. The molecule has 2 rings (SSSR count). The van der Waals surface area contributed by atoms with Gasteiger partial charge in [0.1, 0.15) is 5.82 Å². The number of benzene rings is 1. The lowest BCUT2D eigenvalue weighted by molar-refractivity contribution is -0.132. The largest absolute Gasteiger partial charge is 0.341 e. The van der Waals surface area contributed by atoms with Gasteiger partial charge in [-0.15, -0.1) is 0 Å². The third-order valence-electron chi connectivity index (χ3n) is 4.04. The molecule has 0 aromatic heterocycles. The van der Waals surface area contributed by atoms with Crippen LogP contribution in [-0.2, 0) is 21.2 Å². The van der Waals surface area contributed by atoms with Crippen LogP contribution in [0.3, 0.4) is 0 Å². The third-order valence-corrected chi connectivity index (χ3v) is 6.15. The number of amides is 1. The van der Waals surface area contributed by atoms with E-state index in [1.54, 1.807) is 25.1 Å². The molecule has 1 amide bonds. The van der Waals surface area contributed by atoms with Gasteiger partial charge in [0, 0.05) is 30.2 Å². The smallest absolute Gasteiger partial charge is 0.236 e. The van der Waals surface area contributed by atoms with Crippen molar-refractivity contribution in [2.45, 2.75) is 19.0 Å². The Labute approximate surface area is 140 Å². The van der Waals surface area contributed by atoms with Gasteiger partial charge in [-0.3, -0.25) is 9.69 Å². The second kappa shape index (κ2) is 7.15. The van der Waals surface area contributed by atoms with Crippen LogP contribution in [0.15, 0.2) is 18.2 Å². The van der Waals surface area contributed by atoms with Crippen molar-refractivity contribution < 1.29 is 17.6 Å². The minimum atomic E-state index is -3.04. The summed E-state index contributed by atoms with van der Waals surface area (Å²) < 4.78 is 36.8. The molecule has 0 bridgehead atoms. The van der Waals surface area contributed by atoms with Crippen molar-refractivity contribution in [3.05, 3.63) is 34.6 Å². The van der Waals surface area contributed by atoms with Crippen LogP contribution < -0.4 is 0 Å². The first kappa shape index (κ1) is 18.2. The molecule has 128 valence electrons. The molecule has 0 spiro atoms. The molecule has 1 fully saturated rings. The Hall–Kier alpha value is -1.18. The Bertz CT molecular complexity index is 676. The van der Waals surface area contributed by atoms with Crippen LogP contribution in [0.5, 0.6) is 0 Å². The molecule has 0 N–H and O–H groups in total. The fraction of sp³-hybridized carbons (Fsp3) is 0.533. The van der Waals surface area contributed by atoms with E-state index < -0.39 is 15.7 Å².